The second-order valence-corrected chi connectivity index (χ2v) is 11.6. The monoisotopic (exact) mass is 429 g/mol. The van der Waals surface area contributed by atoms with Gasteiger partial charge in [0.25, 0.3) is 0 Å². The minimum Gasteiger partial charge on any atom is -0.633 e. The molecular weight excluding hydrogens is 394 g/mol. The van der Waals surface area contributed by atoms with Gasteiger partial charge in [0.1, 0.15) is 6.04 Å². The van der Waals surface area contributed by atoms with Crippen LogP contribution in [0.15, 0.2) is 11.1 Å². The topological polar surface area (TPSA) is 75.7 Å². The van der Waals surface area contributed by atoms with Gasteiger partial charge in [0.15, 0.2) is 0 Å². The van der Waals surface area contributed by atoms with Gasteiger partial charge < -0.3 is 19.3 Å². The molecule has 0 radical (unpaired) electrons. The molecule has 31 heavy (non-hydrogen) atoms. The molecule has 4 aliphatic carbocycles. The van der Waals surface area contributed by atoms with Crippen LogP contribution < -0.4 is 0 Å². The molecule has 0 aromatic heterocycles. The predicted octanol–water partition coefficient (Wildman–Crippen LogP) is 3.59. The van der Waals surface area contributed by atoms with Gasteiger partial charge >= 0.3 is 11.9 Å². The zero-order valence-electron chi connectivity index (χ0n) is 19.0. The van der Waals surface area contributed by atoms with E-state index in [-0.39, 0.29) is 51.2 Å². The van der Waals surface area contributed by atoms with Crippen LogP contribution in [-0.2, 0) is 19.1 Å². The number of piperidine rings is 1. The number of carbonyl (C=O) groups excluding carboxylic acids is 2. The van der Waals surface area contributed by atoms with Crippen LogP contribution in [0, 0.1) is 45.6 Å². The van der Waals surface area contributed by atoms with Crippen molar-refractivity contribution in [2.24, 2.45) is 40.4 Å². The quantitative estimate of drug-likeness (QED) is 0.297. The Labute approximate surface area is 184 Å². The van der Waals surface area contributed by atoms with Crippen molar-refractivity contribution in [2.75, 3.05) is 26.8 Å². The van der Waals surface area contributed by atoms with E-state index < -0.39 is 0 Å². The van der Waals surface area contributed by atoms with Crippen LogP contribution in [0.3, 0.4) is 0 Å². The fraction of sp³-hybridized carbons (Fsp3) is 0.840. The van der Waals surface area contributed by atoms with Crippen molar-refractivity contribution in [3.63, 3.8) is 0 Å². The maximum absolute atomic E-state index is 14.5. The molecule has 0 amide bonds. The van der Waals surface area contributed by atoms with Gasteiger partial charge in [-0.1, -0.05) is 18.1 Å². The molecule has 0 aromatic carbocycles. The number of esters is 2. The number of methoxy groups -OCH3 is 1. The van der Waals surface area contributed by atoms with Crippen molar-refractivity contribution in [2.45, 2.75) is 64.8 Å². The highest BCUT2D eigenvalue weighted by atomic mass is 16.6. The molecule has 6 nitrogen and oxygen atoms in total. The molecule has 4 fully saturated rings. The summed E-state index contributed by atoms with van der Waals surface area (Å²) >= 11 is 0. The zero-order chi connectivity index (χ0) is 21.8. The van der Waals surface area contributed by atoms with Crippen LogP contribution in [0.1, 0.15) is 58.8 Å². The van der Waals surface area contributed by atoms with Crippen molar-refractivity contribution < 1.29 is 23.7 Å². The molecule has 6 heteroatoms. The Morgan fingerprint density at radius 1 is 1.19 bits per heavy atom. The van der Waals surface area contributed by atoms with Crippen LogP contribution in [0.5, 0.6) is 0 Å². The number of quaternary nitrogens is 1. The Morgan fingerprint density at radius 2 is 1.97 bits per heavy atom. The Kier molecular flexibility index (Phi) is 4.14. The molecule has 2 aliphatic heterocycles. The van der Waals surface area contributed by atoms with Gasteiger partial charge in [0, 0.05) is 30.1 Å². The fourth-order valence-corrected chi connectivity index (χ4v) is 10.0. The van der Waals surface area contributed by atoms with Gasteiger partial charge in [-0.25, -0.2) is 0 Å². The highest BCUT2D eigenvalue weighted by molar-refractivity contribution is 5.75. The molecular formula is C25H35NO5. The first-order chi connectivity index (χ1) is 14.8. The Hall–Kier alpha value is -1.40. The summed E-state index contributed by atoms with van der Waals surface area (Å²) in [6, 6.07) is 0.00131. The van der Waals surface area contributed by atoms with Crippen molar-refractivity contribution in [1.29, 1.82) is 0 Å². The number of hydrogen-bond acceptors (Lipinski definition) is 5. The zero-order valence-corrected chi connectivity index (χ0v) is 19.0. The van der Waals surface area contributed by atoms with E-state index in [1.807, 2.05) is 0 Å². The highest BCUT2D eigenvalue weighted by Gasteiger charge is 2.79. The second-order valence-electron chi connectivity index (χ2n) is 11.6. The van der Waals surface area contributed by atoms with Crippen molar-refractivity contribution in [1.82, 2.24) is 0 Å². The molecule has 9 atom stereocenters. The summed E-state index contributed by atoms with van der Waals surface area (Å²) in [5.74, 6) is 0.746. The molecule has 170 valence electrons. The summed E-state index contributed by atoms with van der Waals surface area (Å²) in [6.45, 7) is 5.52. The molecule has 0 N–H and O–H groups in total. The van der Waals surface area contributed by atoms with E-state index in [9.17, 15) is 14.8 Å². The third-order valence-corrected chi connectivity index (χ3v) is 10.7. The molecule has 2 heterocycles. The summed E-state index contributed by atoms with van der Waals surface area (Å²) in [5, 5.41) is 14.5. The van der Waals surface area contributed by atoms with E-state index in [1.165, 1.54) is 25.2 Å². The van der Waals surface area contributed by atoms with E-state index in [0.717, 1.165) is 44.9 Å². The van der Waals surface area contributed by atoms with Crippen LogP contribution in [0.2, 0.25) is 0 Å². The van der Waals surface area contributed by atoms with Gasteiger partial charge in [-0.3, -0.25) is 9.59 Å². The third kappa shape index (κ3) is 2.26. The average molecular weight is 430 g/mol. The van der Waals surface area contributed by atoms with E-state index in [1.54, 1.807) is 0 Å². The van der Waals surface area contributed by atoms with Gasteiger partial charge in [0.05, 0.1) is 38.1 Å². The fourth-order valence-electron chi connectivity index (χ4n) is 10.0. The Balaban J connectivity index is 1.61. The lowest BCUT2D eigenvalue weighted by atomic mass is 9.43. The summed E-state index contributed by atoms with van der Waals surface area (Å²) in [6.07, 6.45) is 6.89. The van der Waals surface area contributed by atoms with Crippen LogP contribution in [0.4, 0.5) is 0 Å². The number of hydrogen-bond donors (Lipinski definition) is 0. The number of ether oxygens (including phenoxy) is 2. The Bertz CT molecular complexity index is 883. The van der Waals surface area contributed by atoms with E-state index in [0.29, 0.717) is 31.5 Å². The summed E-state index contributed by atoms with van der Waals surface area (Å²) in [7, 11) is 1.49. The maximum Gasteiger partial charge on any atom is 0.309 e. The van der Waals surface area contributed by atoms with Crippen molar-refractivity contribution >= 4 is 11.9 Å². The first kappa shape index (κ1) is 20.2. The lowest BCUT2D eigenvalue weighted by Crippen LogP contribution is -2.73. The average Bonchev–Trinajstić information content (AvgIpc) is 3.35. The largest absolute Gasteiger partial charge is 0.633 e. The molecule has 2 saturated carbocycles. The smallest absolute Gasteiger partial charge is 0.309 e. The molecule has 0 unspecified atom stereocenters. The molecule has 1 spiro atoms. The minimum absolute atomic E-state index is 0.00131. The summed E-state index contributed by atoms with van der Waals surface area (Å²) < 4.78 is 11.0. The van der Waals surface area contributed by atoms with Crippen LogP contribution >= 0.6 is 0 Å². The number of allylic oxidation sites excluding steroid dienone is 1. The molecule has 6 aliphatic rings. The maximum atomic E-state index is 14.5. The van der Waals surface area contributed by atoms with Gasteiger partial charge in [-0.15, -0.1) is 0 Å². The number of rotatable bonds is 3. The lowest BCUT2D eigenvalue weighted by Gasteiger charge is -2.69. The number of hydroxylamine groups is 3. The lowest BCUT2D eigenvalue weighted by molar-refractivity contribution is -0.918. The normalized spacial score (nSPS) is 51.4. The van der Waals surface area contributed by atoms with E-state index >= 15 is 0 Å². The van der Waals surface area contributed by atoms with Gasteiger partial charge in [-0.2, -0.15) is 0 Å². The minimum atomic E-state index is -0.313. The predicted molar refractivity (Wildman–Crippen MR) is 113 cm³/mol. The standard InChI is InChI=1S/C25H35NO5/c1-14-11-26(29)12-17-6-4-16-5-7-19-20(23(28)30-3)10-25(21(16)19)22(26)18(14)8-9-24(17,25)13-31-15(2)27/h14,17-20,22H,4-13H2,1-3H3/t14-,17-,18-,19-,20-,22+,24-,25+,26+/m1/s1. The van der Waals surface area contributed by atoms with Crippen LogP contribution in [-0.4, -0.2) is 49.4 Å². The highest BCUT2D eigenvalue weighted by Crippen LogP contribution is 2.78. The SMILES string of the molecule is COC(=O)[C@@H]1C[C@@]23C4=C(CC[C@@H]5C[N@@+]6([O-])C[C@@H](C)[C@@H](CC[C@@]52COC(C)=O)[C@@H]36)CC[C@@H]41. The van der Waals surface area contributed by atoms with Crippen LogP contribution in [0.25, 0.3) is 0 Å². The third-order valence-electron chi connectivity index (χ3n) is 10.7. The molecule has 0 aromatic rings. The van der Waals surface area contributed by atoms with Gasteiger partial charge in [-0.05, 0) is 50.9 Å². The van der Waals surface area contributed by atoms with Crippen molar-refractivity contribution in [3.8, 4) is 0 Å². The first-order valence-corrected chi connectivity index (χ1v) is 12.3. The van der Waals surface area contributed by atoms with E-state index in [4.69, 9.17) is 9.47 Å². The number of nitrogens with zero attached hydrogens (tertiary/aromatic N) is 1. The Morgan fingerprint density at radius 3 is 2.71 bits per heavy atom. The summed E-state index contributed by atoms with van der Waals surface area (Å²) in [4.78, 5) is 25.0. The van der Waals surface area contributed by atoms with E-state index in [2.05, 4.69) is 6.92 Å². The summed E-state index contributed by atoms with van der Waals surface area (Å²) in [5.41, 5.74) is 2.46. The number of carbonyl (C=O) groups is 2. The molecule has 2 saturated heterocycles. The molecule has 6 rings (SSSR count). The molecule has 4 bridgehead atoms. The van der Waals surface area contributed by atoms with Gasteiger partial charge in [0.2, 0.25) is 0 Å². The first-order valence-electron chi connectivity index (χ1n) is 12.3. The van der Waals surface area contributed by atoms with Crippen molar-refractivity contribution in [3.05, 3.63) is 16.4 Å². The second kappa shape index (κ2) is 6.34.